The van der Waals surface area contributed by atoms with Gasteiger partial charge in [0.1, 0.15) is 17.6 Å². The summed E-state index contributed by atoms with van der Waals surface area (Å²) in [7, 11) is 1.97. The quantitative estimate of drug-likeness (QED) is 0.558. The van der Waals surface area contributed by atoms with Gasteiger partial charge < -0.3 is 19.5 Å². The number of hydrogen-bond donors (Lipinski definition) is 1. The zero-order chi connectivity index (χ0) is 22.5. The van der Waals surface area contributed by atoms with Crippen LogP contribution in [0.2, 0.25) is 0 Å². The molecule has 7 heteroatoms. The molecule has 1 fully saturated rings. The number of nitrogens with zero attached hydrogens (tertiary/aromatic N) is 2. The molecule has 7 nitrogen and oxygen atoms in total. The highest BCUT2D eigenvalue weighted by atomic mass is 16.5. The number of aryl methyl sites for hydroxylation is 1. The van der Waals surface area contributed by atoms with Gasteiger partial charge in [0, 0.05) is 26.1 Å². The van der Waals surface area contributed by atoms with Crippen LogP contribution in [-0.2, 0) is 16.6 Å². The van der Waals surface area contributed by atoms with E-state index in [0.717, 1.165) is 48.2 Å². The Kier molecular flexibility index (Phi) is 6.95. The van der Waals surface area contributed by atoms with E-state index in [-0.39, 0.29) is 24.2 Å². The summed E-state index contributed by atoms with van der Waals surface area (Å²) in [5.41, 5.74) is 1.85. The van der Waals surface area contributed by atoms with Crippen molar-refractivity contribution in [2.24, 2.45) is 7.05 Å². The van der Waals surface area contributed by atoms with Crippen LogP contribution in [0.3, 0.4) is 0 Å². The summed E-state index contributed by atoms with van der Waals surface area (Å²) in [5.74, 6) is 1.54. The largest absolute Gasteiger partial charge is 0.461 e. The van der Waals surface area contributed by atoms with Crippen molar-refractivity contribution in [3.05, 3.63) is 48.5 Å². The average Bonchev–Trinajstić information content (AvgIpc) is 3.08. The molecule has 1 heterocycles. The Balaban J connectivity index is 1.33. The average molecular weight is 438 g/mol. The predicted octanol–water partition coefficient (Wildman–Crippen LogP) is 4.60. The van der Waals surface area contributed by atoms with Crippen LogP contribution in [0.4, 0.5) is 0 Å². The number of amides is 1. The SMILES string of the molecule is CC(=O)N[C@@H](C)CO[C@H]1CC[C@H](Oc2nc3ccc(Oc4ccccc4)cc3n2C)CC1. The second-order valence-corrected chi connectivity index (χ2v) is 8.47. The Morgan fingerprint density at radius 1 is 1.09 bits per heavy atom. The number of benzene rings is 2. The van der Waals surface area contributed by atoms with Crippen molar-refractivity contribution in [2.45, 2.75) is 57.8 Å². The summed E-state index contributed by atoms with van der Waals surface area (Å²) in [6.45, 7) is 4.02. The molecule has 1 amide bonds. The molecule has 0 bridgehead atoms. The minimum Gasteiger partial charge on any atom is -0.461 e. The standard InChI is InChI=1S/C25H31N3O4/c1-17(26-18(2)29)16-30-19-9-11-21(12-10-19)32-25-27-23-14-13-22(15-24(23)28(25)3)31-20-7-5-4-6-8-20/h4-8,13-15,17,19,21H,9-12,16H2,1-3H3,(H,26,29)/t17-,19-,21-/m0/s1. The van der Waals surface area contributed by atoms with Crippen LogP contribution in [-0.4, -0.2) is 40.3 Å². The van der Waals surface area contributed by atoms with E-state index >= 15 is 0 Å². The van der Waals surface area contributed by atoms with Crippen molar-refractivity contribution in [3.63, 3.8) is 0 Å². The van der Waals surface area contributed by atoms with E-state index in [2.05, 4.69) is 10.3 Å². The Morgan fingerprint density at radius 2 is 1.81 bits per heavy atom. The molecule has 0 aliphatic heterocycles. The smallest absolute Gasteiger partial charge is 0.297 e. The number of aromatic nitrogens is 2. The molecule has 1 aliphatic rings. The monoisotopic (exact) mass is 437 g/mol. The highest BCUT2D eigenvalue weighted by Gasteiger charge is 2.25. The molecule has 1 aromatic heterocycles. The molecule has 1 aliphatic carbocycles. The molecule has 32 heavy (non-hydrogen) atoms. The summed E-state index contributed by atoms with van der Waals surface area (Å²) >= 11 is 0. The zero-order valence-corrected chi connectivity index (χ0v) is 18.9. The third-order valence-electron chi connectivity index (χ3n) is 5.72. The molecular formula is C25H31N3O4. The summed E-state index contributed by atoms with van der Waals surface area (Å²) in [5, 5.41) is 2.85. The first-order valence-corrected chi connectivity index (χ1v) is 11.2. The summed E-state index contributed by atoms with van der Waals surface area (Å²) in [4.78, 5) is 15.8. The van der Waals surface area contributed by atoms with Gasteiger partial charge >= 0.3 is 0 Å². The maximum absolute atomic E-state index is 11.1. The predicted molar refractivity (Wildman–Crippen MR) is 123 cm³/mol. The first-order valence-electron chi connectivity index (χ1n) is 11.2. The molecule has 3 aromatic rings. The van der Waals surface area contributed by atoms with Gasteiger partial charge in [-0.2, -0.15) is 4.98 Å². The maximum Gasteiger partial charge on any atom is 0.297 e. The molecule has 0 radical (unpaired) electrons. The third kappa shape index (κ3) is 5.59. The van der Waals surface area contributed by atoms with Gasteiger partial charge in [0.2, 0.25) is 5.91 Å². The van der Waals surface area contributed by atoms with Crippen molar-refractivity contribution >= 4 is 16.9 Å². The number of fused-ring (bicyclic) bond motifs is 1. The van der Waals surface area contributed by atoms with Crippen LogP contribution in [0, 0.1) is 0 Å². The van der Waals surface area contributed by atoms with Crippen molar-refractivity contribution < 1.29 is 19.0 Å². The summed E-state index contributed by atoms with van der Waals surface area (Å²) in [6, 6.07) is 16.3. The number of hydrogen-bond acceptors (Lipinski definition) is 5. The lowest BCUT2D eigenvalue weighted by molar-refractivity contribution is -0.120. The number of carbonyl (C=O) groups excluding carboxylic acids is 1. The molecule has 4 rings (SSSR count). The number of ether oxygens (including phenoxy) is 3. The van der Waals surface area contributed by atoms with E-state index < -0.39 is 0 Å². The number of nitrogens with one attached hydrogen (secondary N) is 1. The van der Waals surface area contributed by atoms with Gasteiger partial charge in [-0.3, -0.25) is 9.36 Å². The minimum atomic E-state index is -0.0283. The first-order chi connectivity index (χ1) is 15.5. The van der Waals surface area contributed by atoms with Crippen LogP contribution in [0.5, 0.6) is 17.5 Å². The van der Waals surface area contributed by atoms with Crippen LogP contribution in [0.15, 0.2) is 48.5 Å². The lowest BCUT2D eigenvalue weighted by Gasteiger charge is -2.29. The van der Waals surface area contributed by atoms with E-state index in [1.807, 2.05) is 67.1 Å². The van der Waals surface area contributed by atoms with E-state index in [1.165, 1.54) is 6.92 Å². The number of para-hydroxylation sites is 1. The first kappa shape index (κ1) is 22.1. The van der Waals surface area contributed by atoms with Gasteiger partial charge in [0.05, 0.1) is 23.7 Å². The van der Waals surface area contributed by atoms with Gasteiger partial charge in [0.15, 0.2) is 0 Å². The Labute approximate surface area is 188 Å². The van der Waals surface area contributed by atoms with Gasteiger partial charge in [-0.1, -0.05) is 18.2 Å². The van der Waals surface area contributed by atoms with Crippen molar-refractivity contribution in [1.82, 2.24) is 14.9 Å². The highest BCUT2D eigenvalue weighted by molar-refractivity contribution is 5.78. The van der Waals surface area contributed by atoms with E-state index in [0.29, 0.717) is 12.6 Å². The number of carbonyl (C=O) groups is 1. The molecule has 1 saturated carbocycles. The Hall–Kier alpha value is -3.06. The van der Waals surface area contributed by atoms with Crippen LogP contribution < -0.4 is 14.8 Å². The fourth-order valence-corrected chi connectivity index (χ4v) is 4.08. The van der Waals surface area contributed by atoms with Crippen LogP contribution >= 0.6 is 0 Å². The summed E-state index contributed by atoms with van der Waals surface area (Å²) < 4.78 is 20.2. The maximum atomic E-state index is 11.1. The molecular weight excluding hydrogens is 406 g/mol. The Morgan fingerprint density at radius 3 is 2.53 bits per heavy atom. The van der Waals surface area contributed by atoms with Gasteiger partial charge in [-0.15, -0.1) is 0 Å². The fraction of sp³-hybridized carbons (Fsp3) is 0.440. The fourth-order valence-electron chi connectivity index (χ4n) is 4.08. The van der Waals surface area contributed by atoms with Crippen molar-refractivity contribution in [1.29, 1.82) is 0 Å². The van der Waals surface area contributed by atoms with Gasteiger partial charge in [-0.05, 0) is 56.9 Å². The molecule has 0 saturated heterocycles. The van der Waals surface area contributed by atoms with Gasteiger partial charge in [-0.25, -0.2) is 0 Å². The van der Waals surface area contributed by atoms with Crippen molar-refractivity contribution in [3.8, 4) is 17.5 Å². The second-order valence-electron chi connectivity index (χ2n) is 8.47. The lowest BCUT2D eigenvalue weighted by Crippen LogP contribution is -2.37. The molecule has 2 aromatic carbocycles. The van der Waals surface area contributed by atoms with E-state index in [9.17, 15) is 4.79 Å². The molecule has 0 spiro atoms. The minimum absolute atomic E-state index is 0.0252. The topological polar surface area (TPSA) is 74.6 Å². The zero-order valence-electron chi connectivity index (χ0n) is 18.9. The van der Waals surface area contributed by atoms with Crippen molar-refractivity contribution in [2.75, 3.05) is 6.61 Å². The van der Waals surface area contributed by atoms with Crippen LogP contribution in [0.25, 0.3) is 11.0 Å². The molecule has 1 atom stereocenters. The van der Waals surface area contributed by atoms with E-state index in [4.69, 9.17) is 14.2 Å². The molecule has 0 unspecified atom stereocenters. The third-order valence-corrected chi connectivity index (χ3v) is 5.72. The van der Waals surface area contributed by atoms with Crippen LogP contribution in [0.1, 0.15) is 39.5 Å². The lowest BCUT2D eigenvalue weighted by atomic mass is 9.95. The molecule has 170 valence electrons. The number of imidazole rings is 1. The van der Waals surface area contributed by atoms with E-state index in [1.54, 1.807) is 0 Å². The second kappa shape index (κ2) is 10.0. The van der Waals surface area contributed by atoms with Gasteiger partial charge in [0.25, 0.3) is 6.01 Å². The Bertz CT molecular complexity index is 1040. The number of rotatable bonds is 8. The molecule has 1 N–H and O–H groups in total. The normalized spacial score (nSPS) is 19.5. The highest BCUT2D eigenvalue weighted by Crippen LogP contribution is 2.30. The summed E-state index contributed by atoms with van der Waals surface area (Å²) in [6.07, 6.45) is 4.06.